The normalized spacial score (nSPS) is 12.3. The minimum atomic E-state index is -1.86. The number of carbonyl (C=O) groups is 3. The van der Waals surface area contributed by atoms with E-state index in [9.17, 15) is 29.7 Å². The van der Waals surface area contributed by atoms with Crippen LogP contribution in [0.3, 0.4) is 0 Å². The number of hydrogen-bond acceptors (Lipinski definition) is 11. The summed E-state index contributed by atoms with van der Waals surface area (Å²) in [4.78, 5) is 30.4. The number of hydrogen-bond donors (Lipinski definition) is 8. The van der Waals surface area contributed by atoms with Crippen molar-refractivity contribution in [3.63, 3.8) is 0 Å². The molecule has 1 atom stereocenters. The number of aliphatic hydroxyl groups is 6. The summed E-state index contributed by atoms with van der Waals surface area (Å²) in [5, 5.41) is 71.8. The Morgan fingerprint density at radius 1 is 0.833 bits per heavy atom. The van der Waals surface area contributed by atoms with Crippen molar-refractivity contribution < 1.29 is 64.7 Å². The Labute approximate surface area is 172 Å². The van der Waals surface area contributed by atoms with Crippen LogP contribution in [0, 0.1) is 10.8 Å². The molecule has 13 heteroatoms. The van der Waals surface area contributed by atoms with Crippen LogP contribution in [0.5, 0.6) is 0 Å². The van der Waals surface area contributed by atoms with Crippen LogP contribution in [0.25, 0.3) is 0 Å². The Hall–Kier alpha value is -2.13. The van der Waals surface area contributed by atoms with Gasteiger partial charge in [-0.25, -0.2) is 4.79 Å². The third-order valence-corrected chi connectivity index (χ3v) is 3.90. The number of carboxylic acid groups (broad SMARTS) is 2. The standard InChI is InChI=1S/C13H24O9.C4H6O4/c1-2-10(19)22-11(20)13(6-17,7-18)9-21-8-12(3-14,4-15)5-16;5-3(6)1-2-4(7)8/h2,11,14-18,20H,1,3-9H2;1-2H2,(H,5,6)(H,7,8). The number of carboxylic acids is 2. The molecule has 0 rings (SSSR count). The molecule has 0 saturated carbocycles. The molecule has 0 radical (unpaired) electrons. The Kier molecular flexibility index (Phi) is 15.7. The highest BCUT2D eigenvalue weighted by atomic mass is 16.6. The van der Waals surface area contributed by atoms with Crippen molar-refractivity contribution >= 4 is 17.9 Å². The zero-order valence-corrected chi connectivity index (χ0v) is 16.3. The molecule has 176 valence electrons. The molecule has 13 nitrogen and oxygen atoms in total. The van der Waals surface area contributed by atoms with E-state index in [-0.39, 0.29) is 19.4 Å². The highest BCUT2D eigenvalue weighted by Gasteiger charge is 2.41. The number of rotatable bonds is 15. The molecule has 8 N–H and O–H groups in total. The topological polar surface area (TPSA) is 232 Å². The largest absolute Gasteiger partial charge is 0.481 e. The van der Waals surface area contributed by atoms with Gasteiger partial charge in [-0.05, 0) is 0 Å². The monoisotopic (exact) mass is 442 g/mol. The van der Waals surface area contributed by atoms with E-state index in [4.69, 9.17) is 30.3 Å². The van der Waals surface area contributed by atoms with E-state index < -0.39 is 74.7 Å². The molecule has 0 aliphatic heterocycles. The zero-order valence-electron chi connectivity index (χ0n) is 16.3. The molecule has 0 heterocycles. The fourth-order valence-corrected chi connectivity index (χ4v) is 1.62. The number of ether oxygens (including phenoxy) is 2. The fourth-order valence-electron chi connectivity index (χ4n) is 1.62. The second-order valence-electron chi connectivity index (χ2n) is 6.43. The quantitative estimate of drug-likeness (QED) is 0.0715. The lowest BCUT2D eigenvalue weighted by atomic mass is 9.89. The SMILES string of the molecule is C=CC(=O)OC(O)C(CO)(CO)COCC(CO)(CO)CO.O=C(O)CCC(=O)O. The van der Waals surface area contributed by atoms with Gasteiger partial charge in [0.1, 0.15) is 5.41 Å². The zero-order chi connectivity index (χ0) is 23.8. The van der Waals surface area contributed by atoms with Gasteiger partial charge in [0.25, 0.3) is 0 Å². The molecule has 0 bridgehead atoms. The second kappa shape index (κ2) is 15.7. The Balaban J connectivity index is 0. The maximum atomic E-state index is 11.1. The van der Waals surface area contributed by atoms with Crippen LogP contribution in [-0.2, 0) is 23.9 Å². The summed E-state index contributed by atoms with van der Waals surface area (Å²) < 4.78 is 9.74. The van der Waals surface area contributed by atoms with Crippen LogP contribution in [-0.4, -0.2) is 111 Å². The van der Waals surface area contributed by atoms with E-state index in [0.29, 0.717) is 0 Å². The first-order chi connectivity index (χ1) is 14.0. The number of esters is 1. The highest BCUT2D eigenvalue weighted by Crippen LogP contribution is 2.25. The first kappa shape index (κ1) is 30.1. The Morgan fingerprint density at radius 2 is 1.27 bits per heavy atom. The van der Waals surface area contributed by atoms with Crippen molar-refractivity contribution in [3.8, 4) is 0 Å². The number of carbonyl (C=O) groups excluding carboxylic acids is 1. The number of aliphatic carboxylic acids is 2. The summed E-state index contributed by atoms with van der Waals surface area (Å²) in [6, 6.07) is 0. The van der Waals surface area contributed by atoms with Crippen molar-refractivity contribution in [2.45, 2.75) is 19.1 Å². The van der Waals surface area contributed by atoms with E-state index in [1.165, 1.54) is 0 Å². The van der Waals surface area contributed by atoms with Gasteiger partial charge in [0, 0.05) is 6.08 Å². The van der Waals surface area contributed by atoms with Crippen LogP contribution in [0.4, 0.5) is 0 Å². The van der Waals surface area contributed by atoms with Gasteiger partial charge < -0.3 is 50.3 Å². The van der Waals surface area contributed by atoms with E-state index >= 15 is 0 Å². The smallest absolute Gasteiger partial charge is 0.332 e. The van der Waals surface area contributed by atoms with Crippen molar-refractivity contribution in [2.24, 2.45) is 10.8 Å². The fraction of sp³-hybridized carbons (Fsp3) is 0.706. The lowest BCUT2D eigenvalue weighted by Gasteiger charge is -2.35. The molecule has 0 aromatic carbocycles. The molecule has 0 aliphatic carbocycles. The molecule has 0 aromatic rings. The van der Waals surface area contributed by atoms with Crippen molar-refractivity contribution in [2.75, 3.05) is 46.2 Å². The molecule has 0 aromatic heterocycles. The molecule has 0 spiro atoms. The molecule has 0 saturated heterocycles. The maximum Gasteiger partial charge on any atom is 0.332 e. The minimum Gasteiger partial charge on any atom is -0.481 e. The average Bonchev–Trinajstić information content (AvgIpc) is 2.73. The summed E-state index contributed by atoms with van der Waals surface area (Å²) in [6.07, 6.45) is -1.65. The Morgan fingerprint density at radius 3 is 1.57 bits per heavy atom. The van der Waals surface area contributed by atoms with Crippen LogP contribution in [0.2, 0.25) is 0 Å². The number of aliphatic hydroxyl groups excluding tert-OH is 6. The van der Waals surface area contributed by atoms with Crippen LogP contribution >= 0.6 is 0 Å². The molecule has 30 heavy (non-hydrogen) atoms. The van der Waals surface area contributed by atoms with Gasteiger partial charge in [0.05, 0.1) is 64.5 Å². The van der Waals surface area contributed by atoms with E-state index in [0.717, 1.165) is 6.08 Å². The first-order valence-corrected chi connectivity index (χ1v) is 8.58. The van der Waals surface area contributed by atoms with Crippen LogP contribution < -0.4 is 0 Å². The van der Waals surface area contributed by atoms with Gasteiger partial charge in [-0.1, -0.05) is 6.58 Å². The lowest BCUT2D eigenvalue weighted by molar-refractivity contribution is -0.217. The van der Waals surface area contributed by atoms with E-state index in [1.807, 2.05) is 0 Å². The highest BCUT2D eigenvalue weighted by molar-refractivity contribution is 5.81. The average molecular weight is 442 g/mol. The second-order valence-corrected chi connectivity index (χ2v) is 6.43. The van der Waals surface area contributed by atoms with E-state index in [1.54, 1.807) is 0 Å². The van der Waals surface area contributed by atoms with Gasteiger partial charge >= 0.3 is 17.9 Å². The molecule has 0 aliphatic rings. The van der Waals surface area contributed by atoms with Gasteiger partial charge in [-0.3, -0.25) is 9.59 Å². The maximum absolute atomic E-state index is 11.1. The van der Waals surface area contributed by atoms with Gasteiger partial charge in [0.15, 0.2) is 0 Å². The molecular weight excluding hydrogens is 412 g/mol. The molecule has 1 unspecified atom stereocenters. The van der Waals surface area contributed by atoms with Crippen LogP contribution in [0.15, 0.2) is 12.7 Å². The molecular formula is C17H30O13. The third-order valence-electron chi connectivity index (χ3n) is 3.90. The van der Waals surface area contributed by atoms with Gasteiger partial charge in [-0.15, -0.1) is 0 Å². The van der Waals surface area contributed by atoms with E-state index in [2.05, 4.69) is 11.3 Å². The van der Waals surface area contributed by atoms with Crippen molar-refractivity contribution in [3.05, 3.63) is 12.7 Å². The van der Waals surface area contributed by atoms with Crippen LogP contribution in [0.1, 0.15) is 12.8 Å². The summed E-state index contributed by atoms with van der Waals surface area (Å²) in [7, 11) is 0. The summed E-state index contributed by atoms with van der Waals surface area (Å²) >= 11 is 0. The van der Waals surface area contributed by atoms with Gasteiger partial charge in [0.2, 0.25) is 6.29 Å². The Bertz CT molecular complexity index is 503. The predicted octanol–water partition coefficient (Wildman–Crippen LogP) is -3.08. The summed E-state index contributed by atoms with van der Waals surface area (Å²) in [5.41, 5.74) is -3.01. The summed E-state index contributed by atoms with van der Waals surface area (Å²) in [6.45, 7) is -0.804. The van der Waals surface area contributed by atoms with Crippen molar-refractivity contribution in [1.82, 2.24) is 0 Å². The van der Waals surface area contributed by atoms with Crippen molar-refractivity contribution in [1.29, 1.82) is 0 Å². The molecule has 0 amide bonds. The third kappa shape index (κ3) is 11.2. The first-order valence-electron chi connectivity index (χ1n) is 8.58. The summed E-state index contributed by atoms with van der Waals surface area (Å²) in [5.74, 6) is -3.10. The van der Waals surface area contributed by atoms with Gasteiger partial charge in [-0.2, -0.15) is 0 Å². The lowest BCUT2D eigenvalue weighted by Crippen LogP contribution is -2.49. The molecule has 0 fully saturated rings. The minimum absolute atomic E-state index is 0.296. The predicted molar refractivity (Wildman–Crippen MR) is 97.9 cm³/mol.